The molecule has 0 aliphatic rings. The Morgan fingerprint density at radius 2 is 2.11 bits per heavy atom. The van der Waals surface area contributed by atoms with Crippen LogP contribution in [0.25, 0.3) is 0 Å². The molecule has 0 bridgehead atoms. The number of pyridine rings is 2. The van der Waals surface area contributed by atoms with E-state index in [1.165, 1.54) is 18.3 Å². The summed E-state index contributed by atoms with van der Waals surface area (Å²) in [6.45, 7) is 0.300. The molecule has 2 aromatic heterocycles. The van der Waals surface area contributed by atoms with Gasteiger partial charge in [-0.15, -0.1) is 0 Å². The number of rotatable bonds is 5. The highest BCUT2D eigenvalue weighted by Gasteiger charge is 2.13. The Morgan fingerprint density at radius 1 is 1.26 bits per heavy atom. The maximum absolute atomic E-state index is 12.0. The SMILES string of the molecule is O=S(=O)(NCCc1cccnc1)c1ccnc(Cl)c1. The maximum Gasteiger partial charge on any atom is 0.240 e. The molecule has 19 heavy (non-hydrogen) atoms. The van der Waals surface area contributed by atoms with Crippen LogP contribution in [0.4, 0.5) is 0 Å². The summed E-state index contributed by atoms with van der Waals surface area (Å²) in [5.41, 5.74) is 0.970. The molecule has 2 rings (SSSR count). The Balaban J connectivity index is 1.99. The predicted octanol–water partition coefficient (Wildman–Crippen LogP) is 1.65. The van der Waals surface area contributed by atoms with Gasteiger partial charge >= 0.3 is 0 Å². The third-order valence-electron chi connectivity index (χ3n) is 2.44. The normalized spacial score (nSPS) is 11.4. The Morgan fingerprint density at radius 3 is 2.79 bits per heavy atom. The summed E-state index contributed by atoms with van der Waals surface area (Å²) < 4.78 is 26.4. The molecule has 2 heterocycles. The van der Waals surface area contributed by atoms with Gasteiger partial charge in [0.15, 0.2) is 0 Å². The molecule has 0 aliphatic carbocycles. The summed E-state index contributed by atoms with van der Waals surface area (Å²) in [5, 5.41) is 0.148. The lowest BCUT2D eigenvalue weighted by molar-refractivity contribution is 0.581. The minimum absolute atomic E-state index is 0.110. The largest absolute Gasteiger partial charge is 0.264 e. The fourth-order valence-corrected chi connectivity index (χ4v) is 2.79. The van der Waals surface area contributed by atoms with Crippen molar-refractivity contribution in [3.63, 3.8) is 0 Å². The van der Waals surface area contributed by atoms with Crippen molar-refractivity contribution in [2.75, 3.05) is 6.54 Å². The topological polar surface area (TPSA) is 72.0 Å². The van der Waals surface area contributed by atoms with E-state index in [1.54, 1.807) is 12.4 Å². The van der Waals surface area contributed by atoms with E-state index in [-0.39, 0.29) is 10.0 Å². The van der Waals surface area contributed by atoms with Crippen LogP contribution in [0.1, 0.15) is 5.56 Å². The predicted molar refractivity (Wildman–Crippen MR) is 72.4 cm³/mol. The number of sulfonamides is 1. The van der Waals surface area contributed by atoms with Crippen LogP contribution in [0.5, 0.6) is 0 Å². The number of aromatic nitrogens is 2. The van der Waals surface area contributed by atoms with Gasteiger partial charge in [-0.05, 0) is 30.2 Å². The summed E-state index contributed by atoms with van der Waals surface area (Å²) in [4.78, 5) is 7.82. The van der Waals surface area contributed by atoms with Crippen molar-refractivity contribution in [3.05, 3.63) is 53.6 Å². The second-order valence-electron chi connectivity index (χ2n) is 3.82. The van der Waals surface area contributed by atoms with Crippen LogP contribution < -0.4 is 4.72 Å². The second-order valence-corrected chi connectivity index (χ2v) is 5.98. The van der Waals surface area contributed by atoms with Crippen molar-refractivity contribution in [2.24, 2.45) is 0 Å². The van der Waals surface area contributed by atoms with Gasteiger partial charge in [0, 0.05) is 25.1 Å². The Labute approximate surface area is 116 Å². The van der Waals surface area contributed by atoms with Crippen LogP contribution in [0.2, 0.25) is 5.15 Å². The average molecular weight is 298 g/mol. The van der Waals surface area contributed by atoms with Crippen molar-refractivity contribution in [1.82, 2.24) is 14.7 Å². The molecule has 7 heteroatoms. The van der Waals surface area contributed by atoms with Crippen molar-refractivity contribution in [2.45, 2.75) is 11.3 Å². The maximum atomic E-state index is 12.0. The van der Waals surface area contributed by atoms with E-state index in [1.807, 2.05) is 12.1 Å². The number of nitrogens with zero attached hydrogens (tertiary/aromatic N) is 2. The van der Waals surface area contributed by atoms with Gasteiger partial charge in [0.2, 0.25) is 10.0 Å². The Bertz CT molecular complexity index is 647. The first-order chi connectivity index (χ1) is 9.08. The number of nitrogens with one attached hydrogen (secondary N) is 1. The van der Waals surface area contributed by atoms with Crippen LogP contribution in [0, 0.1) is 0 Å². The summed E-state index contributed by atoms with van der Waals surface area (Å²) in [7, 11) is -3.55. The molecule has 0 fully saturated rings. The molecule has 0 spiro atoms. The summed E-state index contributed by atoms with van der Waals surface area (Å²) in [6.07, 6.45) is 5.31. The van der Waals surface area contributed by atoms with Crippen LogP contribution >= 0.6 is 11.6 Å². The smallest absolute Gasteiger partial charge is 0.240 e. The van der Waals surface area contributed by atoms with E-state index in [2.05, 4.69) is 14.7 Å². The standard InChI is InChI=1S/C12H12ClN3O2S/c13-12-8-11(4-6-15-12)19(17,18)16-7-3-10-2-1-5-14-9-10/h1-2,4-6,8-9,16H,3,7H2. The zero-order valence-corrected chi connectivity index (χ0v) is 11.5. The van der Waals surface area contributed by atoms with Gasteiger partial charge in [-0.2, -0.15) is 0 Å². The van der Waals surface area contributed by atoms with E-state index in [4.69, 9.17) is 11.6 Å². The molecule has 0 radical (unpaired) electrons. The van der Waals surface area contributed by atoms with Gasteiger partial charge in [-0.3, -0.25) is 4.98 Å². The monoisotopic (exact) mass is 297 g/mol. The number of hydrogen-bond donors (Lipinski definition) is 1. The summed E-state index contributed by atoms with van der Waals surface area (Å²) in [5.74, 6) is 0. The first-order valence-electron chi connectivity index (χ1n) is 5.58. The van der Waals surface area contributed by atoms with Crippen LogP contribution in [-0.2, 0) is 16.4 Å². The molecule has 0 aromatic carbocycles. The third kappa shape index (κ3) is 3.99. The molecule has 100 valence electrons. The molecule has 0 saturated heterocycles. The van der Waals surface area contributed by atoms with E-state index in [0.717, 1.165) is 5.56 Å². The van der Waals surface area contributed by atoms with E-state index >= 15 is 0 Å². The zero-order valence-electron chi connectivity index (χ0n) is 9.95. The lowest BCUT2D eigenvalue weighted by atomic mass is 10.2. The van der Waals surface area contributed by atoms with Gasteiger partial charge in [0.25, 0.3) is 0 Å². The van der Waals surface area contributed by atoms with Crippen molar-refractivity contribution in [3.8, 4) is 0 Å². The van der Waals surface area contributed by atoms with Crippen molar-refractivity contribution in [1.29, 1.82) is 0 Å². The lowest BCUT2D eigenvalue weighted by Gasteiger charge is -2.06. The summed E-state index contributed by atoms with van der Waals surface area (Å²) >= 11 is 5.67. The van der Waals surface area contributed by atoms with Gasteiger partial charge in [-0.25, -0.2) is 18.1 Å². The molecule has 0 unspecified atom stereocenters. The highest BCUT2D eigenvalue weighted by atomic mass is 35.5. The molecule has 0 aliphatic heterocycles. The fourth-order valence-electron chi connectivity index (χ4n) is 1.51. The number of hydrogen-bond acceptors (Lipinski definition) is 4. The second kappa shape index (κ2) is 6.10. The average Bonchev–Trinajstić information content (AvgIpc) is 2.40. The first kappa shape index (κ1) is 13.9. The minimum Gasteiger partial charge on any atom is -0.264 e. The highest BCUT2D eigenvalue weighted by molar-refractivity contribution is 7.89. The molecule has 0 amide bonds. The van der Waals surface area contributed by atoms with Crippen molar-refractivity contribution < 1.29 is 8.42 Å². The van der Waals surface area contributed by atoms with E-state index < -0.39 is 10.0 Å². The Kier molecular flexibility index (Phi) is 4.47. The van der Waals surface area contributed by atoms with Crippen LogP contribution in [-0.4, -0.2) is 24.9 Å². The minimum atomic E-state index is -3.55. The first-order valence-corrected chi connectivity index (χ1v) is 7.44. The van der Waals surface area contributed by atoms with E-state index in [0.29, 0.717) is 13.0 Å². The molecule has 2 aromatic rings. The number of halogens is 1. The molecule has 1 N–H and O–H groups in total. The molecule has 0 saturated carbocycles. The molecule has 0 atom stereocenters. The van der Waals surface area contributed by atoms with Gasteiger partial charge in [-0.1, -0.05) is 17.7 Å². The van der Waals surface area contributed by atoms with Gasteiger partial charge in [0.1, 0.15) is 5.15 Å². The Hall–Kier alpha value is -1.50. The molecule has 5 nitrogen and oxygen atoms in total. The zero-order chi connectivity index (χ0) is 13.7. The van der Waals surface area contributed by atoms with Crippen LogP contribution in [0.15, 0.2) is 47.8 Å². The summed E-state index contributed by atoms with van der Waals surface area (Å²) in [6, 6.07) is 6.42. The van der Waals surface area contributed by atoms with Gasteiger partial charge in [0.05, 0.1) is 4.90 Å². The third-order valence-corrected chi connectivity index (χ3v) is 4.10. The quantitative estimate of drug-likeness (QED) is 0.852. The van der Waals surface area contributed by atoms with Crippen molar-refractivity contribution >= 4 is 21.6 Å². The fraction of sp³-hybridized carbons (Fsp3) is 0.167. The van der Waals surface area contributed by atoms with Gasteiger partial charge < -0.3 is 0 Å². The van der Waals surface area contributed by atoms with Crippen LogP contribution in [0.3, 0.4) is 0 Å². The molecular formula is C12H12ClN3O2S. The van der Waals surface area contributed by atoms with E-state index in [9.17, 15) is 8.42 Å². The lowest BCUT2D eigenvalue weighted by Crippen LogP contribution is -2.26. The molecular weight excluding hydrogens is 286 g/mol. The highest BCUT2D eigenvalue weighted by Crippen LogP contribution is 2.12.